The van der Waals surface area contributed by atoms with Crippen LogP contribution < -0.4 is 4.74 Å². The average molecular weight is 275 g/mol. The van der Waals surface area contributed by atoms with Crippen LogP contribution in [-0.4, -0.2) is 31.0 Å². The Morgan fingerprint density at radius 1 is 1.20 bits per heavy atom. The molecule has 0 unspecified atom stereocenters. The van der Waals surface area contributed by atoms with Crippen LogP contribution in [-0.2, 0) is 4.79 Å². The summed E-state index contributed by atoms with van der Waals surface area (Å²) in [6.45, 7) is 3.48. The maximum absolute atomic E-state index is 12.3. The van der Waals surface area contributed by atoms with Gasteiger partial charge in [-0.15, -0.1) is 0 Å². The third-order valence-electron chi connectivity index (χ3n) is 4.18. The molecule has 0 saturated heterocycles. The highest BCUT2D eigenvalue weighted by molar-refractivity contribution is 5.78. The molecule has 1 aromatic rings. The topological polar surface area (TPSA) is 29.5 Å². The van der Waals surface area contributed by atoms with Crippen LogP contribution in [0.2, 0.25) is 0 Å². The number of hydrogen-bond donors (Lipinski definition) is 0. The standard InChI is InChI=1S/C17H25NO2/c1-14-8-10-15(11-9-14)17(19)18(2)12-13-20-16-6-4-3-5-7-16/h3-7,14-15H,8-13H2,1-2H3/t14-,15-. The molecule has 3 heteroatoms. The van der Waals surface area contributed by atoms with Gasteiger partial charge in [-0.2, -0.15) is 0 Å². The van der Waals surface area contributed by atoms with Crippen molar-refractivity contribution in [2.75, 3.05) is 20.2 Å². The van der Waals surface area contributed by atoms with Gasteiger partial charge in [0.05, 0.1) is 6.54 Å². The van der Waals surface area contributed by atoms with Gasteiger partial charge in [-0.05, 0) is 43.7 Å². The molecule has 1 amide bonds. The number of ether oxygens (including phenoxy) is 1. The van der Waals surface area contributed by atoms with Crippen molar-refractivity contribution in [3.63, 3.8) is 0 Å². The van der Waals surface area contributed by atoms with Crippen molar-refractivity contribution in [1.82, 2.24) is 4.90 Å². The van der Waals surface area contributed by atoms with E-state index in [9.17, 15) is 4.79 Å². The van der Waals surface area contributed by atoms with E-state index < -0.39 is 0 Å². The van der Waals surface area contributed by atoms with Crippen molar-refractivity contribution >= 4 is 5.91 Å². The Morgan fingerprint density at radius 2 is 1.85 bits per heavy atom. The number of likely N-dealkylation sites (N-methyl/N-ethyl adjacent to an activating group) is 1. The van der Waals surface area contributed by atoms with Gasteiger partial charge in [0.2, 0.25) is 5.91 Å². The highest BCUT2D eigenvalue weighted by atomic mass is 16.5. The zero-order chi connectivity index (χ0) is 14.4. The molecule has 110 valence electrons. The van der Waals surface area contributed by atoms with Crippen molar-refractivity contribution in [2.45, 2.75) is 32.6 Å². The third-order valence-corrected chi connectivity index (χ3v) is 4.18. The lowest BCUT2D eigenvalue weighted by Gasteiger charge is -2.29. The zero-order valence-electron chi connectivity index (χ0n) is 12.5. The number of nitrogens with zero attached hydrogens (tertiary/aromatic N) is 1. The minimum Gasteiger partial charge on any atom is -0.492 e. The lowest BCUT2D eigenvalue weighted by molar-refractivity contribution is -0.135. The number of carbonyl (C=O) groups is 1. The molecule has 1 aliphatic rings. The van der Waals surface area contributed by atoms with Gasteiger partial charge in [0.1, 0.15) is 12.4 Å². The molecule has 0 heterocycles. The summed E-state index contributed by atoms with van der Waals surface area (Å²) in [5, 5.41) is 0. The molecule has 0 aromatic heterocycles. The van der Waals surface area contributed by atoms with E-state index in [0.717, 1.165) is 24.5 Å². The first-order chi connectivity index (χ1) is 9.66. The molecule has 0 aliphatic heterocycles. The molecule has 0 spiro atoms. The molecule has 0 radical (unpaired) electrons. The molecular formula is C17H25NO2. The Morgan fingerprint density at radius 3 is 2.50 bits per heavy atom. The van der Waals surface area contributed by atoms with Gasteiger partial charge >= 0.3 is 0 Å². The van der Waals surface area contributed by atoms with Gasteiger partial charge in [-0.25, -0.2) is 0 Å². The fourth-order valence-corrected chi connectivity index (χ4v) is 2.75. The first-order valence-electron chi connectivity index (χ1n) is 7.59. The van der Waals surface area contributed by atoms with E-state index in [1.165, 1.54) is 12.8 Å². The van der Waals surface area contributed by atoms with Crippen molar-refractivity contribution in [2.24, 2.45) is 11.8 Å². The second-order valence-corrected chi connectivity index (χ2v) is 5.88. The van der Waals surface area contributed by atoms with E-state index >= 15 is 0 Å². The summed E-state index contributed by atoms with van der Waals surface area (Å²) in [5.41, 5.74) is 0. The van der Waals surface area contributed by atoms with Crippen molar-refractivity contribution in [1.29, 1.82) is 0 Å². The summed E-state index contributed by atoms with van der Waals surface area (Å²) in [5.74, 6) is 2.16. The SMILES string of the molecule is CN(CCOc1ccccc1)C(=O)[C@H]1CC[C@H](C)CC1. The first-order valence-corrected chi connectivity index (χ1v) is 7.59. The van der Waals surface area contributed by atoms with Crippen LogP contribution in [0.5, 0.6) is 5.75 Å². The van der Waals surface area contributed by atoms with Crippen LogP contribution in [0.25, 0.3) is 0 Å². The van der Waals surface area contributed by atoms with Crippen molar-refractivity contribution in [3.05, 3.63) is 30.3 Å². The van der Waals surface area contributed by atoms with Gasteiger partial charge in [0, 0.05) is 13.0 Å². The van der Waals surface area contributed by atoms with E-state index in [2.05, 4.69) is 6.92 Å². The number of amides is 1. The van der Waals surface area contributed by atoms with Crippen molar-refractivity contribution in [3.8, 4) is 5.75 Å². The van der Waals surface area contributed by atoms with Crippen LogP contribution >= 0.6 is 0 Å². The summed E-state index contributed by atoms with van der Waals surface area (Å²) in [7, 11) is 1.88. The van der Waals surface area contributed by atoms with E-state index in [-0.39, 0.29) is 11.8 Å². The normalized spacial score (nSPS) is 22.3. The number of benzene rings is 1. The highest BCUT2D eigenvalue weighted by Gasteiger charge is 2.26. The summed E-state index contributed by atoms with van der Waals surface area (Å²) >= 11 is 0. The predicted octanol–water partition coefficient (Wildman–Crippen LogP) is 3.35. The van der Waals surface area contributed by atoms with Crippen LogP contribution in [0, 0.1) is 11.8 Å². The van der Waals surface area contributed by atoms with E-state index in [1.54, 1.807) is 0 Å². The Labute approximate surface area is 121 Å². The Balaban J connectivity index is 1.71. The third kappa shape index (κ3) is 4.26. The molecule has 20 heavy (non-hydrogen) atoms. The molecule has 1 aliphatic carbocycles. The molecule has 2 rings (SSSR count). The Kier molecular flexibility index (Phi) is 5.45. The number of carbonyl (C=O) groups excluding carboxylic acids is 1. The predicted molar refractivity (Wildman–Crippen MR) is 80.7 cm³/mol. The fourth-order valence-electron chi connectivity index (χ4n) is 2.75. The fraction of sp³-hybridized carbons (Fsp3) is 0.588. The first kappa shape index (κ1) is 14.9. The molecule has 1 fully saturated rings. The molecular weight excluding hydrogens is 250 g/mol. The van der Waals surface area contributed by atoms with E-state index in [4.69, 9.17) is 4.74 Å². The number of para-hydroxylation sites is 1. The summed E-state index contributed by atoms with van der Waals surface area (Å²) < 4.78 is 5.64. The number of rotatable bonds is 5. The molecule has 1 aromatic carbocycles. The van der Waals surface area contributed by atoms with Gasteiger partial charge in [0.25, 0.3) is 0 Å². The average Bonchev–Trinajstić information content (AvgIpc) is 2.48. The highest BCUT2D eigenvalue weighted by Crippen LogP contribution is 2.29. The molecule has 1 saturated carbocycles. The Hall–Kier alpha value is -1.51. The molecule has 3 nitrogen and oxygen atoms in total. The summed E-state index contributed by atoms with van der Waals surface area (Å²) in [6, 6.07) is 9.74. The smallest absolute Gasteiger partial charge is 0.225 e. The number of hydrogen-bond acceptors (Lipinski definition) is 2. The van der Waals surface area contributed by atoms with Crippen LogP contribution in [0.15, 0.2) is 30.3 Å². The van der Waals surface area contributed by atoms with E-state index in [0.29, 0.717) is 13.2 Å². The summed E-state index contributed by atoms with van der Waals surface area (Å²) in [6.07, 6.45) is 4.46. The lowest BCUT2D eigenvalue weighted by atomic mass is 9.82. The van der Waals surface area contributed by atoms with Crippen LogP contribution in [0.1, 0.15) is 32.6 Å². The molecule has 0 bridgehead atoms. The van der Waals surface area contributed by atoms with Gasteiger partial charge in [-0.3, -0.25) is 4.79 Å². The minimum atomic E-state index is 0.230. The lowest BCUT2D eigenvalue weighted by Crippen LogP contribution is -2.37. The second-order valence-electron chi connectivity index (χ2n) is 5.88. The van der Waals surface area contributed by atoms with Crippen LogP contribution in [0.4, 0.5) is 0 Å². The van der Waals surface area contributed by atoms with E-state index in [1.807, 2.05) is 42.3 Å². The maximum atomic E-state index is 12.3. The quantitative estimate of drug-likeness (QED) is 0.824. The van der Waals surface area contributed by atoms with Crippen molar-refractivity contribution < 1.29 is 9.53 Å². The van der Waals surface area contributed by atoms with Gasteiger partial charge < -0.3 is 9.64 Å². The van der Waals surface area contributed by atoms with Gasteiger partial charge in [0.15, 0.2) is 0 Å². The maximum Gasteiger partial charge on any atom is 0.225 e. The Bertz CT molecular complexity index is 410. The van der Waals surface area contributed by atoms with Gasteiger partial charge in [-0.1, -0.05) is 25.1 Å². The molecule has 0 N–H and O–H groups in total. The summed E-state index contributed by atoms with van der Waals surface area (Å²) in [4.78, 5) is 14.1. The van der Waals surface area contributed by atoms with Crippen LogP contribution in [0.3, 0.4) is 0 Å². The largest absolute Gasteiger partial charge is 0.492 e. The molecule has 0 atom stereocenters. The zero-order valence-corrected chi connectivity index (χ0v) is 12.5. The monoisotopic (exact) mass is 275 g/mol. The second kappa shape index (κ2) is 7.32. The minimum absolute atomic E-state index is 0.230.